The second-order valence-corrected chi connectivity index (χ2v) is 8.20. The fourth-order valence-electron chi connectivity index (χ4n) is 3.52. The van der Waals surface area contributed by atoms with Crippen molar-refractivity contribution < 1.29 is 4.79 Å². The Hall–Kier alpha value is -2.98. The summed E-state index contributed by atoms with van der Waals surface area (Å²) in [7, 11) is 0. The molecule has 4 rings (SSSR count). The number of nitrogens with zero attached hydrogens (tertiary/aromatic N) is 1. The topological polar surface area (TPSA) is 42.0 Å². The van der Waals surface area contributed by atoms with Gasteiger partial charge in [0.15, 0.2) is 5.13 Å². The van der Waals surface area contributed by atoms with Crippen LogP contribution in [0.3, 0.4) is 0 Å². The SMILES string of the molecule is CCCCc1ccc2nc(NC(=O)C(c3ccccc3)c3ccccc3)sc2c1. The normalized spacial score (nSPS) is 11.1. The number of anilines is 1. The van der Waals surface area contributed by atoms with Crippen molar-refractivity contribution in [3.8, 4) is 0 Å². The summed E-state index contributed by atoms with van der Waals surface area (Å²) in [5.41, 5.74) is 4.20. The van der Waals surface area contributed by atoms with Gasteiger partial charge in [0.25, 0.3) is 0 Å². The zero-order chi connectivity index (χ0) is 20.1. The summed E-state index contributed by atoms with van der Waals surface area (Å²) in [6.45, 7) is 2.20. The minimum atomic E-state index is -0.371. The third-order valence-electron chi connectivity index (χ3n) is 5.03. The molecule has 0 spiro atoms. The molecule has 3 nitrogen and oxygen atoms in total. The Morgan fingerprint density at radius 2 is 1.62 bits per heavy atom. The zero-order valence-electron chi connectivity index (χ0n) is 16.5. The second-order valence-electron chi connectivity index (χ2n) is 7.17. The number of amides is 1. The summed E-state index contributed by atoms with van der Waals surface area (Å²) >= 11 is 1.54. The van der Waals surface area contributed by atoms with Gasteiger partial charge in [-0.05, 0) is 41.7 Å². The summed E-state index contributed by atoms with van der Waals surface area (Å²) in [5, 5.41) is 3.71. The first-order valence-electron chi connectivity index (χ1n) is 10.0. The van der Waals surface area contributed by atoms with Gasteiger partial charge in [0.1, 0.15) is 0 Å². The third kappa shape index (κ3) is 4.54. The Bertz CT molecular complexity index is 1050. The molecule has 0 radical (unpaired) electrons. The molecule has 3 aromatic carbocycles. The largest absolute Gasteiger partial charge is 0.301 e. The quantitative estimate of drug-likeness (QED) is 0.389. The molecule has 0 aliphatic rings. The highest BCUT2D eigenvalue weighted by molar-refractivity contribution is 7.22. The number of carbonyl (C=O) groups is 1. The van der Waals surface area contributed by atoms with Gasteiger partial charge in [-0.1, -0.05) is 91.4 Å². The zero-order valence-corrected chi connectivity index (χ0v) is 17.3. The molecule has 0 unspecified atom stereocenters. The van der Waals surface area contributed by atoms with E-state index in [4.69, 9.17) is 0 Å². The monoisotopic (exact) mass is 400 g/mol. The first kappa shape index (κ1) is 19.3. The first-order chi connectivity index (χ1) is 14.2. The van der Waals surface area contributed by atoms with E-state index in [1.54, 1.807) is 0 Å². The van der Waals surface area contributed by atoms with E-state index < -0.39 is 0 Å². The molecule has 0 fully saturated rings. The Kier molecular flexibility index (Phi) is 6.01. The van der Waals surface area contributed by atoms with Gasteiger partial charge in [0.05, 0.1) is 16.1 Å². The van der Waals surface area contributed by atoms with Crippen molar-refractivity contribution in [2.24, 2.45) is 0 Å². The number of fused-ring (bicyclic) bond motifs is 1. The van der Waals surface area contributed by atoms with Crippen LogP contribution in [0.1, 0.15) is 42.4 Å². The molecule has 0 bridgehead atoms. The number of benzene rings is 3. The summed E-state index contributed by atoms with van der Waals surface area (Å²) < 4.78 is 1.12. The number of hydrogen-bond donors (Lipinski definition) is 1. The highest BCUT2D eigenvalue weighted by Crippen LogP contribution is 2.30. The molecule has 29 heavy (non-hydrogen) atoms. The van der Waals surface area contributed by atoms with Crippen LogP contribution in [0.15, 0.2) is 78.9 Å². The number of nitrogens with one attached hydrogen (secondary N) is 1. The lowest BCUT2D eigenvalue weighted by Crippen LogP contribution is -2.22. The molecule has 0 aliphatic heterocycles. The molecule has 1 N–H and O–H groups in total. The minimum absolute atomic E-state index is 0.0623. The number of carbonyl (C=O) groups excluding carboxylic acids is 1. The lowest BCUT2D eigenvalue weighted by molar-refractivity contribution is -0.116. The Labute approximate surface area is 175 Å². The van der Waals surface area contributed by atoms with Crippen molar-refractivity contribution in [2.45, 2.75) is 32.1 Å². The maximum atomic E-state index is 13.3. The molecule has 4 heteroatoms. The van der Waals surface area contributed by atoms with E-state index in [0.29, 0.717) is 5.13 Å². The Morgan fingerprint density at radius 1 is 0.966 bits per heavy atom. The molecule has 0 saturated carbocycles. The molecule has 1 amide bonds. The molecular weight excluding hydrogens is 376 g/mol. The molecule has 1 aromatic heterocycles. The van der Waals surface area contributed by atoms with Crippen molar-refractivity contribution in [2.75, 3.05) is 5.32 Å². The Morgan fingerprint density at radius 3 is 2.24 bits per heavy atom. The van der Waals surface area contributed by atoms with Crippen molar-refractivity contribution >= 4 is 32.6 Å². The van der Waals surface area contributed by atoms with Gasteiger partial charge in [-0.2, -0.15) is 0 Å². The van der Waals surface area contributed by atoms with Crippen LogP contribution < -0.4 is 5.32 Å². The van der Waals surface area contributed by atoms with Gasteiger partial charge in [0, 0.05) is 0 Å². The van der Waals surface area contributed by atoms with Crippen molar-refractivity contribution in [3.63, 3.8) is 0 Å². The number of rotatable bonds is 7. The fourth-order valence-corrected chi connectivity index (χ4v) is 4.46. The predicted octanol–water partition coefficient (Wildman–Crippen LogP) is 6.41. The van der Waals surface area contributed by atoms with Crippen LogP contribution in [-0.4, -0.2) is 10.9 Å². The van der Waals surface area contributed by atoms with Gasteiger partial charge in [0.2, 0.25) is 5.91 Å². The minimum Gasteiger partial charge on any atom is -0.301 e. The molecule has 4 aromatic rings. The smallest absolute Gasteiger partial charge is 0.238 e. The van der Waals surface area contributed by atoms with Crippen molar-refractivity contribution in [1.82, 2.24) is 4.98 Å². The Balaban J connectivity index is 1.60. The van der Waals surface area contributed by atoms with E-state index >= 15 is 0 Å². The van der Waals surface area contributed by atoms with E-state index in [1.165, 1.54) is 29.7 Å². The highest BCUT2D eigenvalue weighted by atomic mass is 32.1. The van der Waals surface area contributed by atoms with Crippen LogP contribution in [0.5, 0.6) is 0 Å². The average Bonchev–Trinajstić information content (AvgIpc) is 3.15. The molecular formula is C25H24N2OS. The van der Waals surface area contributed by atoms with Crippen LogP contribution >= 0.6 is 11.3 Å². The number of thiazole rings is 1. The summed E-state index contributed by atoms with van der Waals surface area (Å²) in [6.07, 6.45) is 3.45. The number of hydrogen-bond acceptors (Lipinski definition) is 3. The van der Waals surface area contributed by atoms with Crippen LogP contribution in [0, 0.1) is 0 Å². The lowest BCUT2D eigenvalue weighted by Gasteiger charge is -2.16. The summed E-state index contributed by atoms with van der Waals surface area (Å²) in [5.74, 6) is -0.433. The van der Waals surface area contributed by atoms with Gasteiger partial charge >= 0.3 is 0 Å². The molecule has 146 valence electrons. The third-order valence-corrected chi connectivity index (χ3v) is 5.96. The van der Waals surface area contributed by atoms with Gasteiger partial charge < -0.3 is 5.32 Å². The number of aryl methyl sites for hydroxylation is 1. The number of aromatic nitrogens is 1. The van der Waals surface area contributed by atoms with Gasteiger partial charge in [-0.15, -0.1) is 0 Å². The average molecular weight is 401 g/mol. The van der Waals surface area contributed by atoms with Crippen LogP contribution in [0.4, 0.5) is 5.13 Å². The fraction of sp³-hybridized carbons (Fsp3) is 0.200. The maximum Gasteiger partial charge on any atom is 0.238 e. The van der Waals surface area contributed by atoms with E-state index in [-0.39, 0.29) is 11.8 Å². The standard InChI is InChI=1S/C25H24N2OS/c1-2-3-10-18-15-16-21-22(17-18)29-25(26-21)27-24(28)23(19-11-6-4-7-12-19)20-13-8-5-9-14-20/h4-9,11-17,23H,2-3,10H2,1H3,(H,26,27,28). The van der Waals surface area contributed by atoms with E-state index in [9.17, 15) is 4.79 Å². The van der Waals surface area contributed by atoms with Crippen molar-refractivity contribution in [1.29, 1.82) is 0 Å². The van der Waals surface area contributed by atoms with Gasteiger partial charge in [-0.3, -0.25) is 4.79 Å². The predicted molar refractivity (Wildman–Crippen MR) is 122 cm³/mol. The summed E-state index contributed by atoms with van der Waals surface area (Å²) in [6, 6.07) is 26.2. The number of unbranched alkanes of at least 4 members (excludes halogenated alkanes) is 1. The first-order valence-corrected chi connectivity index (χ1v) is 10.9. The maximum absolute atomic E-state index is 13.3. The van der Waals surface area contributed by atoms with Gasteiger partial charge in [-0.25, -0.2) is 4.98 Å². The van der Waals surface area contributed by atoms with Crippen LogP contribution in [-0.2, 0) is 11.2 Å². The molecule has 0 saturated heterocycles. The lowest BCUT2D eigenvalue weighted by atomic mass is 9.90. The van der Waals surface area contributed by atoms with Crippen LogP contribution in [0.2, 0.25) is 0 Å². The van der Waals surface area contributed by atoms with E-state index in [1.807, 2.05) is 60.7 Å². The van der Waals surface area contributed by atoms with E-state index in [2.05, 4.69) is 35.4 Å². The second kappa shape index (κ2) is 9.01. The van der Waals surface area contributed by atoms with E-state index in [0.717, 1.165) is 27.8 Å². The molecule has 1 heterocycles. The highest BCUT2D eigenvalue weighted by Gasteiger charge is 2.23. The summed E-state index contributed by atoms with van der Waals surface area (Å²) in [4.78, 5) is 17.9. The van der Waals surface area contributed by atoms with Crippen molar-refractivity contribution in [3.05, 3.63) is 95.6 Å². The molecule has 0 atom stereocenters. The molecule has 0 aliphatic carbocycles. The van der Waals surface area contributed by atoms with Crippen LogP contribution in [0.25, 0.3) is 10.2 Å².